The summed E-state index contributed by atoms with van der Waals surface area (Å²) >= 11 is 3.28. The SMILES string of the molecule is COc1ccc(Br)c(C(=O)O[C@@H](C)C(=O)Nc2ccccc2)c1. The van der Waals surface area contributed by atoms with Crippen molar-refractivity contribution in [1.29, 1.82) is 0 Å². The Morgan fingerprint density at radius 1 is 1.13 bits per heavy atom. The van der Waals surface area contributed by atoms with Gasteiger partial charge in [-0.25, -0.2) is 4.79 Å². The molecule has 0 aromatic heterocycles. The lowest BCUT2D eigenvalue weighted by atomic mass is 10.2. The largest absolute Gasteiger partial charge is 0.497 e. The molecule has 0 heterocycles. The number of methoxy groups -OCH3 is 1. The number of ether oxygens (including phenoxy) is 2. The van der Waals surface area contributed by atoms with Gasteiger partial charge < -0.3 is 14.8 Å². The van der Waals surface area contributed by atoms with Crippen molar-refractivity contribution in [3.05, 3.63) is 58.6 Å². The summed E-state index contributed by atoms with van der Waals surface area (Å²) < 4.78 is 10.9. The van der Waals surface area contributed by atoms with E-state index >= 15 is 0 Å². The summed E-state index contributed by atoms with van der Waals surface area (Å²) in [5, 5.41) is 2.68. The van der Waals surface area contributed by atoms with Crippen LogP contribution in [0.3, 0.4) is 0 Å². The van der Waals surface area contributed by atoms with Crippen LogP contribution in [0.2, 0.25) is 0 Å². The van der Waals surface area contributed by atoms with Gasteiger partial charge in [-0.1, -0.05) is 18.2 Å². The molecule has 6 heteroatoms. The van der Waals surface area contributed by atoms with E-state index in [0.717, 1.165) is 0 Å². The van der Waals surface area contributed by atoms with Crippen LogP contribution in [0.25, 0.3) is 0 Å². The van der Waals surface area contributed by atoms with Crippen molar-refractivity contribution in [2.45, 2.75) is 13.0 Å². The van der Waals surface area contributed by atoms with Crippen molar-refractivity contribution >= 4 is 33.5 Å². The average molecular weight is 378 g/mol. The normalized spacial score (nSPS) is 11.4. The van der Waals surface area contributed by atoms with Gasteiger partial charge in [0, 0.05) is 10.2 Å². The van der Waals surface area contributed by atoms with Crippen LogP contribution < -0.4 is 10.1 Å². The number of nitrogens with one attached hydrogen (secondary N) is 1. The Morgan fingerprint density at radius 2 is 1.83 bits per heavy atom. The zero-order valence-corrected chi connectivity index (χ0v) is 14.3. The van der Waals surface area contributed by atoms with Crippen molar-refractivity contribution in [2.75, 3.05) is 12.4 Å². The van der Waals surface area contributed by atoms with E-state index in [9.17, 15) is 9.59 Å². The van der Waals surface area contributed by atoms with E-state index < -0.39 is 18.0 Å². The Hall–Kier alpha value is -2.34. The van der Waals surface area contributed by atoms with Crippen LogP contribution in [-0.4, -0.2) is 25.1 Å². The summed E-state index contributed by atoms with van der Waals surface area (Å²) in [7, 11) is 1.51. The summed E-state index contributed by atoms with van der Waals surface area (Å²) in [6.45, 7) is 1.52. The zero-order chi connectivity index (χ0) is 16.8. The van der Waals surface area contributed by atoms with E-state index in [-0.39, 0.29) is 0 Å². The molecule has 1 atom stereocenters. The molecule has 0 aliphatic carbocycles. The number of esters is 1. The second kappa shape index (κ2) is 7.78. The molecule has 23 heavy (non-hydrogen) atoms. The standard InChI is InChI=1S/C17H16BrNO4/c1-11(16(20)19-12-6-4-3-5-7-12)23-17(21)14-10-13(22-2)8-9-15(14)18/h3-11H,1-2H3,(H,19,20)/t11-/m0/s1. The van der Waals surface area contributed by atoms with Gasteiger partial charge in [0.2, 0.25) is 0 Å². The molecule has 0 radical (unpaired) electrons. The number of hydrogen-bond acceptors (Lipinski definition) is 4. The van der Waals surface area contributed by atoms with Gasteiger partial charge in [0.05, 0.1) is 12.7 Å². The Morgan fingerprint density at radius 3 is 2.48 bits per heavy atom. The number of carbonyl (C=O) groups is 2. The van der Waals surface area contributed by atoms with Gasteiger partial charge in [0.1, 0.15) is 5.75 Å². The first-order valence-electron chi connectivity index (χ1n) is 6.91. The fourth-order valence-corrected chi connectivity index (χ4v) is 2.24. The first kappa shape index (κ1) is 17.0. The first-order valence-corrected chi connectivity index (χ1v) is 7.71. The second-order valence-corrected chi connectivity index (χ2v) is 5.60. The minimum Gasteiger partial charge on any atom is -0.497 e. The lowest BCUT2D eigenvalue weighted by molar-refractivity contribution is -0.123. The van der Waals surface area contributed by atoms with Gasteiger partial charge in [-0.2, -0.15) is 0 Å². The van der Waals surface area contributed by atoms with E-state index in [1.54, 1.807) is 42.5 Å². The van der Waals surface area contributed by atoms with E-state index in [1.165, 1.54) is 14.0 Å². The predicted molar refractivity (Wildman–Crippen MR) is 90.6 cm³/mol. The van der Waals surface area contributed by atoms with Gasteiger partial charge in [-0.15, -0.1) is 0 Å². The molecule has 0 bridgehead atoms. The van der Waals surface area contributed by atoms with E-state index in [2.05, 4.69) is 21.2 Å². The predicted octanol–water partition coefficient (Wildman–Crippen LogP) is 3.64. The zero-order valence-electron chi connectivity index (χ0n) is 12.7. The summed E-state index contributed by atoms with van der Waals surface area (Å²) in [5.74, 6) is -0.475. The van der Waals surface area contributed by atoms with Crippen LogP contribution in [-0.2, 0) is 9.53 Å². The topological polar surface area (TPSA) is 64.6 Å². The number of para-hydroxylation sites is 1. The van der Waals surface area contributed by atoms with Crippen molar-refractivity contribution in [3.8, 4) is 5.75 Å². The molecule has 5 nitrogen and oxygen atoms in total. The van der Waals surface area contributed by atoms with Crippen LogP contribution >= 0.6 is 15.9 Å². The van der Waals surface area contributed by atoms with E-state index in [1.807, 2.05) is 6.07 Å². The first-order chi connectivity index (χ1) is 11.0. The monoisotopic (exact) mass is 377 g/mol. The third kappa shape index (κ3) is 4.56. The fraction of sp³-hybridized carbons (Fsp3) is 0.176. The van der Waals surface area contributed by atoms with Crippen molar-refractivity contribution in [3.63, 3.8) is 0 Å². The molecule has 0 aliphatic rings. The molecular weight excluding hydrogens is 362 g/mol. The summed E-state index contributed by atoms with van der Waals surface area (Å²) in [4.78, 5) is 24.3. The Balaban J connectivity index is 2.03. The molecule has 0 fully saturated rings. The molecule has 0 unspecified atom stereocenters. The lowest BCUT2D eigenvalue weighted by Gasteiger charge is -2.14. The molecule has 120 valence electrons. The third-order valence-corrected chi connectivity index (χ3v) is 3.78. The molecule has 0 spiro atoms. The summed E-state index contributed by atoms with van der Waals surface area (Å²) in [6, 6.07) is 13.9. The van der Waals surface area contributed by atoms with Gasteiger partial charge >= 0.3 is 5.97 Å². The lowest BCUT2D eigenvalue weighted by Crippen LogP contribution is -2.30. The number of halogens is 1. The number of anilines is 1. The highest BCUT2D eigenvalue weighted by Crippen LogP contribution is 2.23. The van der Waals surface area contributed by atoms with E-state index in [0.29, 0.717) is 21.5 Å². The highest BCUT2D eigenvalue weighted by molar-refractivity contribution is 9.10. The Kier molecular flexibility index (Phi) is 5.76. The van der Waals surface area contributed by atoms with Gasteiger partial charge in [-0.3, -0.25) is 4.79 Å². The second-order valence-electron chi connectivity index (χ2n) is 4.75. The highest BCUT2D eigenvalue weighted by Gasteiger charge is 2.21. The minimum absolute atomic E-state index is 0.295. The molecule has 0 saturated heterocycles. The molecule has 2 aromatic rings. The molecule has 0 aliphatic heterocycles. The maximum atomic E-state index is 12.2. The maximum absolute atomic E-state index is 12.2. The maximum Gasteiger partial charge on any atom is 0.340 e. The van der Waals surface area contributed by atoms with Crippen LogP contribution in [0.4, 0.5) is 5.69 Å². The van der Waals surface area contributed by atoms with Crippen LogP contribution in [0, 0.1) is 0 Å². The van der Waals surface area contributed by atoms with Crippen molar-refractivity contribution in [2.24, 2.45) is 0 Å². The quantitative estimate of drug-likeness (QED) is 0.807. The van der Waals surface area contributed by atoms with Gasteiger partial charge in [0.25, 0.3) is 5.91 Å². The number of benzene rings is 2. The molecule has 0 saturated carbocycles. The highest BCUT2D eigenvalue weighted by atomic mass is 79.9. The number of carbonyl (C=O) groups excluding carboxylic acids is 2. The van der Waals surface area contributed by atoms with Crippen LogP contribution in [0.15, 0.2) is 53.0 Å². The molecule has 2 aromatic carbocycles. The van der Waals surface area contributed by atoms with Crippen LogP contribution in [0.5, 0.6) is 5.75 Å². The molecule has 1 amide bonds. The molecule has 1 N–H and O–H groups in total. The minimum atomic E-state index is -0.930. The fourth-order valence-electron chi connectivity index (χ4n) is 1.83. The van der Waals surface area contributed by atoms with Gasteiger partial charge in [0.15, 0.2) is 6.10 Å². The van der Waals surface area contributed by atoms with E-state index in [4.69, 9.17) is 9.47 Å². The summed E-state index contributed by atoms with van der Waals surface area (Å²) in [5.41, 5.74) is 0.937. The van der Waals surface area contributed by atoms with Gasteiger partial charge in [-0.05, 0) is 53.2 Å². The molecular formula is C17H16BrNO4. The number of hydrogen-bond donors (Lipinski definition) is 1. The Labute approximate surface area is 142 Å². The van der Waals surface area contributed by atoms with Crippen LogP contribution in [0.1, 0.15) is 17.3 Å². The van der Waals surface area contributed by atoms with Crippen molar-refractivity contribution in [1.82, 2.24) is 0 Å². The smallest absolute Gasteiger partial charge is 0.340 e. The Bertz CT molecular complexity index is 703. The average Bonchev–Trinajstić information content (AvgIpc) is 2.56. The van der Waals surface area contributed by atoms with Crippen molar-refractivity contribution < 1.29 is 19.1 Å². The number of rotatable bonds is 5. The number of amides is 1. The summed E-state index contributed by atoms with van der Waals surface area (Å²) in [6.07, 6.45) is -0.930. The molecule has 2 rings (SSSR count). The third-order valence-electron chi connectivity index (χ3n) is 3.09.